The third-order valence-corrected chi connectivity index (χ3v) is 11.8. The van der Waals surface area contributed by atoms with E-state index in [1.807, 2.05) is 65.4 Å². The SMILES string of the molecule is CCC(CC)N(CCN(C)C(=O)CCC(=O)NS(C)(=O)=O)Cc1cccc(C(=O)Nc2ccc(N3CCCCC3)nc2C(=O)Nc2ccc(CCc3ccc(C(=O)O)cc3)cc2)c1. The fourth-order valence-electron chi connectivity index (χ4n) is 7.58. The Morgan fingerprint density at radius 2 is 1.41 bits per heavy atom. The van der Waals surface area contributed by atoms with Gasteiger partial charge in [-0.05, 0) is 110 Å². The molecule has 63 heavy (non-hydrogen) atoms. The lowest BCUT2D eigenvalue weighted by Gasteiger charge is -2.32. The number of aromatic carboxylic acids is 1. The number of carbonyl (C=O) groups is 5. The number of carboxylic acid groups (broad SMARTS) is 1. The molecule has 4 aromatic rings. The van der Waals surface area contributed by atoms with Gasteiger partial charge in [-0.2, -0.15) is 0 Å². The molecule has 1 aliphatic rings. The van der Waals surface area contributed by atoms with E-state index in [1.54, 1.807) is 31.3 Å². The van der Waals surface area contributed by atoms with Gasteiger partial charge in [0.05, 0.1) is 17.5 Å². The van der Waals surface area contributed by atoms with Crippen LogP contribution in [-0.4, -0.2) is 103 Å². The molecule has 3 aromatic carbocycles. The molecule has 1 aromatic heterocycles. The first kappa shape index (κ1) is 47.9. The van der Waals surface area contributed by atoms with Crippen molar-refractivity contribution in [3.63, 3.8) is 0 Å². The second-order valence-corrected chi connectivity index (χ2v) is 17.7. The summed E-state index contributed by atoms with van der Waals surface area (Å²) in [4.78, 5) is 74.6. The number of nitrogens with one attached hydrogen (secondary N) is 3. The molecule has 1 aliphatic heterocycles. The van der Waals surface area contributed by atoms with E-state index >= 15 is 0 Å². The molecular formula is C47H59N7O8S. The van der Waals surface area contributed by atoms with Gasteiger partial charge in [0.15, 0.2) is 5.69 Å². The molecular weight excluding hydrogens is 823 g/mol. The minimum absolute atomic E-state index is 0.0889. The van der Waals surface area contributed by atoms with Gasteiger partial charge in [-0.3, -0.25) is 28.8 Å². The Hall–Kier alpha value is -6.13. The van der Waals surface area contributed by atoms with Crippen molar-refractivity contribution in [3.05, 3.63) is 118 Å². The van der Waals surface area contributed by atoms with Crippen LogP contribution in [0.3, 0.4) is 0 Å². The highest BCUT2D eigenvalue weighted by Crippen LogP contribution is 2.25. The number of carbonyl (C=O) groups excluding carboxylic acids is 4. The molecule has 0 radical (unpaired) electrons. The molecule has 16 heteroatoms. The zero-order valence-corrected chi connectivity index (χ0v) is 37.4. The standard InChI is InChI=1S/C47H59N7O8S/c1-5-39(6-2)54(30-29-52(3)43(56)26-25-42(55)51-63(4,61)62)32-35-11-10-12-37(31-35)45(57)49-40-23-24-41(53-27-8-7-9-28-53)50-44(40)46(58)48-38-21-17-34(18-22-38)14-13-33-15-19-36(20-16-33)47(59)60/h10-12,15-24,31,39H,5-9,13-14,25-30,32H2,1-4H3,(H,48,58)(H,49,57)(H,51,55)(H,59,60). The van der Waals surface area contributed by atoms with Crippen LogP contribution < -0.4 is 20.3 Å². The van der Waals surface area contributed by atoms with Gasteiger partial charge in [0.25, 0.3) is 11.8 Å². The Morgan fingerprint density at radius 3 is 2.03 bits per heavy atom. The summed E-state index contributed by atoms with van der Waals surface area (Å²) in [5, 5.41) is 15.1. The Bertz CT molecular complexity index is 2330. The van der Waals surface area contributed by atoms with Gasteiger partial charge in [0, 0.05) is 69.9 Å². The molecule has 0 spiro atoms. The van der Waals surface area contributed by atoms with Crippen LogP contribution >= 0.6 is 0 Å². The topological polar surface area (TPSA) is 198 Å². The smallest absolute Gasteiger partial charge is 0.335 e. The number of amides is 4. The molecule has 0 bridgehead atoms. The predicted octanol–water partition coefficient (Wildman–Crippen LogP) is 6.36. The van der Waals surface area contributed by atoms with E-state index in [0.717, 1.165) is 81.0 Å². The summed E-state index contributed by atoms with van der Waals surface area (Å²) in [6, 6.07) is 25.4. The number of anilines is 3. The molecule has 5 rings (SSSR count). The van der Waals surface area contributed by atoms with Crippen LogP contribution in [0.1, 0.15) is 107 Å². The third-order valence-electron chi connectivity index (χ3n) is 11.2. The number of piperidine rings is 1. The average Bonchev–Trinajstić information content (AvgIpc) is 3.27. The van der Waals surface area contributed by atoms with Crippen LogP contribution in [0.25, 0.3) is 0 Å². The van der Waals surface area contributed by atoms with Gasteiger partial charge < -0.3 is 25.5 Å². The normalized spacial score (nSPS) is 12.8. The van der Waals surface area contributed by atoms with Crippen molar-refractivity contribution in [2.24, 2.45) is 0 Å². The summed E-state index contributed by atoms with van der Waals surface area (Å²) in [7, 11) is -2.05. The summed E-state index contributed by atoms with van der Waals surface area (Å²) in [5.41, 5.74) is 4.53. The number of hydrogen-bond donors (Lipinski definition) is 4. The number of nitrogens with zero attached hydrogens (tertiary/aromatic N) is 4. The monoisotopic (exact) mass is 881 g/mol. The van der Waals surface area contributed by atoms with E-state index in [9.17, 15) is 37.5 Å². The first-order valence-electron chi connectivity index (χ1n) is 21.5. The van der Waals surface area contributed by atoms with Crippen molar-refractivity contribution in [1.82, 2.24) is 19.5 Å². The van der Waals surface area contributed by atoms with E-state index < -0.39 is 33.7 Å². The second-order valence-electron chi connectivity index (χ2n) is 16.0. The molecule has 4 N–H and O–H groups in total. The summed E-state index contributed by atoms with van der Waals surface area (Å²) in [6.07, 6.45) is 6.89. The maximum absolute atomic E-state index is 14.0. The van der Waals surface area contributed by atoms with Gasteiger partial charge in [-0.15, -0.1) is 0 Å². The molecule has 2 heterocycles. The lowest BCUT2D eigenvalue weighted by atomic mass is 10.0. The highest BCUT2D eigenvalue weighted by atomic mass is 32.2. The van der Waals surface area contributed by atoms with E-state index in [1.165, 1.54) is 4.90 Å². The van der Waals surface area contributed by atoms with Crippen molar-refractivity contribution in [2.75, 3.05) is 55.0 Å². The van der Waals surface area contributed by atoms with Crippen LogP contribution in [0.2, 0.25) is 0 Å². The first-order valence-corrected chi connectivity index (χ1v) is 23.4. The Morgan fingerprint density at radius 1 is 0.762 bits per heavy atom. The van der Waals surface area contributed by atoms with Crippen LogP contribution in [-0.2, 0) is 39.0 Å². The lowest BCUT2D eigenvalue weighted by molar-refractivity contribution is -0.132. The maximum Gasteiger partial charge on any atom is 0.335 e. The third kappa shape index (κ3) is 14.7. The number of aryl methyl sites for hydroxylation is 2. The number of pyridine rings is 1. The molecule has 0 atom stereocenters. The highest BCUT2D eigenvalue weighted by Gasteiger charge is 2.23. The van der Waals surface area contributed by atoms with Crippen molar-refractivity contribution >= 4 is 56.8 Å². The average molecular weight is 882 g/mol. The van der Waals surface area contributed by atoms with Crippen molar-refractivity contribution in [3.8, 4) is 0 Å². The molecule has 336 valence electrons. The molecule has 1 saturated heterocycles. The van der Waals surface area contributed by atoms with Crippen LogP contribution in [0, 0.1) is 0 Å². The molecule has 4 amide bonds. The maximum atomic E-state index is 14.0. The van der Waals surface area contributed by atoms with Gasteiger partial charge in [-0.25, -0.2) is 18.2 Å². The Labute approximate surface area is 370 Å². The van der Waals surface area contributed by atoms with E-state index in [4.69, 9.17) is 4.98 Å². The minimum Gasteiger partial charge on any atom is -0.478 e. The molecule has 0 aliphatic carbocycles. The van der Waals surface area contributed by atoms with Crippen LogP contribution in [0.5, 0.6) is 0 Å². The van der Waals surface area contributed by atoms with Crippen molar-refractivity contribution < 1.29 is 37.5 Å². The summed E-state index contributed by atoms with van der Waals surface area (Å²) >= 11 is 0. The number of likely N-dealkylation sites (N-methyl/N-ethyl adjacent to an activating group) is 1. The van der Waals surface area contributed by atoms with Gasteiger partial charge >= 0.3 is 5.97 Å². The predicted molar refractivity (Wildman–Crippen MR) is 245 cm³/mol. The fourth-order valence-corrected chi connectivity index (χ4v) is 8.09. The fraction of sp³-hybridized carbons (Fsp3) is 0.404. The highest BCUT2D eigenvalue weighted by molar-refractivity contribution is 7.89. The van der Waals surface area contributed by atoms with Crippen LogP contribution in [0.15, 0.2) is 84.9 Å². The Kier molecular flexibility index (Phi) is 17.3. The zero-order valence-electron chi connectivity index (χ0n) is 36.6. The molecule has 0 unspecified atom stereocenters. The number of carboxylic acids is 1. The minimum atomic E-state index is -3.70. The zero-order chi connectivity index (χ0) is 45.5. The van der Waals surface area contributed by atoms with Crippen molar-refractivity contribution in [2.45, 2.75) is 84.2 Å². The largest absolute Gasteiger partial charge is 0.478 e. The number of benzene rings is 3. The van der Waals surface area contributed by atoms with Crippen molar-refractivity contribution in [1.29, 1.82) is 0 Å². The number of sulfonamides is 1. The summed E-state index contributed by atoms with van der Waals surface area (Å²) in [6.45, 7) is 7.26. The molecule has 0 saturated carbocycles. The first-order chi connectivity index (χ1) is 30.1. The van der Waals surface area contributed by atoms with Gasteiger partial charge in [0.1, 0.15) is 5.82 Å². The van der Waals surface area contributed by atoms with Gasteiger partial charge in [-0.1, -0.05) is 50.2 Å². The number of aromatic nitrogens is 1. The van der Waals surface area contributed by atoms with Gasteiger partial charge in [0.2, 0.25) is 21.8 Å². The summed E-state index contributed by atoms with van der Waals surface area (Å²) < 4.78 is 24.6. The number of rotatable bonds is 21. The van der Waals surface area contributed by atoms with E-state index in [0.29, 0.717) is 36.7 Å². The molecule has 15 nitrogen and oxygen atoms in total. The molecule has 1 fully saturated rings. The Balaban J connectivity index is 1.26. The second kappa shape index (κ2) is 22.8. The van der Waals surface area contributed by atoms with Crippen LogP contribution in [0.4, 0.5) is 17.2 Å². The number of hydrogen-bond acceptors (Lipinski definition) is 10. The van der Waals surface area contributed by atoms with E-state index in [-0.39, 0.29) is 41.7 Å². The summed E-state index contributed by atoms with van der Waals surface area (Å²) in [5.74, 6) is -2.17. The quantitative estimate of drug-likeness (QED) is 0.0726. The lowest BCUT2D eigenvalue weighted by Crippen LogP contribution is -2.41. The van der Waals surface area contributed by atoms with E-state index in [2.05, 4.69) is 34.3 Å².